The van der Waals surface area contributed by atoms with Gasteiger partial charge in [-0.15, -0.1) is 0 Å². The van der Waals surface area contributed by atoms with Crippen LogP contribution in [-0.4, -0.2) is 18.9 Å². The van der Waals surface area contributed by atoms with Crippen LogP contribution in [0.4, 0.5) is 5.69 Å². The summed E-state index contributed by atoms with van der Waals surface area (Å²) in [6, 6.07) is 18.3. The molecule has 1 heterocycles. The monoisotopic (exact) mass is 485 g/mol. The summed E-state index contributed by atoms with van der Waals surface area (Å²) in [4.78, 5) is 17.9. The van der Waals surface area contributed by atoms with Crippen molar-refractivity contribution in [3.05, 3.63) is 87.7 Å². The van der Waals surface area contributed by atoms with E-state index < -0.39 is 15.9 Å². The van der Waals surface area contributed by atoms with Crippen molar-refractivity contribution < 1.29 is 13.2 Å². The van der Waals surface area contributed by atoms with Gasteiger partial charge in [-0.05, 0) is 74.0 Å². The van der Waals surface area contributed by atoms with Crippen LogP contribution in [0.5, 0.6) is 0 Å². The lowest BCUT2D eigenvalue weighted by molar-refractivity contribution is 0.0998. The molecule has 4 rings (SSSR count). The Kier molecular flexibility index (Phi) is 6.19. The number of carbonyl (C=O) groups is 1. The Morgan fingerprint density at radius 1 is 1.09 bits per heavy atom. The third-order valence-electron chi connectivity index (χ3n) is 4.84. The third-order valence-corrected chi connectivity index (χ3v) is 7.53. The quantitative estimate of drug-likeness (QED) is 0.420. The van der Waals surface area contributed by atoms with E-state index in [0.717, 1.165) is 15.8 Å². The highest BCUT2D eigenvalue weighted by molar-refractivity contribution is 7.92. The van der Waals surface area contributed by atoms with Gasteiger partial charge in [0, 0.05) is 22.8 Å². The van der Waals surface area contributed by atoms with E-state index in [1.54, 1.807) is 18.2 Å². The molecule has 0 bridgehead atoms. The molecule has 32 heavy (non-hydrogen) atoms. The fraction of sp³-hybridized carbons (Fsp3) is 0.130. The molecule has 6 nitrogen and oxygen atoms in total. The van der Waals surface area contributed by atoms with E-state index in [-0.39, 0.29) is 16.1 Å². The summed E-state index contributed by atoms with van der Waals surface area (Å²) in [5, 5.41) is 0.443. The number of aryl methyl sites for hydroxylation is 2. The number of aromatic nitrogens is 1. The van der Waals surface area contributed by atoms with E-state index in [9.17, 15) is 13.2 Å². The first-order valence-corrected chi connectivity index (χ1v) is 12.5. The first-order chi connectivity index (χ1) is 15.3. The number of benzene rings is 3. The molecule has 9 heteroatoms. The molecular weight excluding hydrogens is 466 g/mol. The number of nitrogens with zero attached hydrogens (tertiary/aromatic N) is 2. The van der Waals surface area contributed by atoms with Crippen LogP contribution in [0.15, 0.2) is 76.6 Å². The van der Waals surface area contributed by atoms with Crippen LogP contribution in [0.2, 0.25) is 5.02 Å². The van der Waals surface area contributed by atoms with Crippen LogP contribution < -0.4 is 9.52 Å². The van der Waals surface area contributed by atoms with Gasteiger partial charge in [-0.2, -0.15) is 4.99 Å². The summed E-state index contributed by atoms with van der Waals surface area (Å²) in [5.41, 5.74) is 2.73. The number of amides is 1. The molecule has 1 N–H and O–H groups in total. The van der Waals surface area contributed by atoms with Crippen molar-refractivity contribution in [2.24, 2.45) is 4.99 Å². The SMILES string of the molecule is CCn1c(=NC(=O)c2cccc(NS(=O)(=O)c3ccc(Cl)cc3)c2)sc2cc(C)ccc21. The first-order valence-electron chi connectivity index (χ1n) is 9.84. The summed E-state index contributed by atoms with van der Waals surface area (Å²) in [6.45, 7) is 4.70. The average Bonchev–Trinajstić information content (AvgIpc) is 3.09. The van der Waals surface area contributed by atoms with Crippen molar-refractivity contribution in [3.63, 3.8) is 0 Å². The average molecular weight is 486 g/mol. The maximum Gasteiger partial charge on any atom is 0.279 e. The van der Waals surface area contributed by atoms with E-state index in [1.807, 2.05) is 30.5 Å². The van der Waals surface area contributed by atoms with E-state index in [1.165, 1.54) is 41.7 Å². The van der Waals surface area contributed by atoms with Crippen LogP contribution in [0.3, 0.4) is 0 Å². The molecule has 1 amide bonds. The molecule has 0 fully saturated rings. The number of sulfonamides is 1. The first kappa shape index (κ1) is 22.3. The lowest BCUT2D eigenvalue weighted by Gasteiger charge is -2.09. The predicted molar refractivity (Wildman–Crippen MR) is 129 cm³/mol. The van der Waals surface area contributed by atoms with E-state index in [0.29, 0.717) is 16.4 Å². The third kappa shape index (κ3) is 4.62. The van der Waals surface area contributed by atoms with Gasteiger partial charge in [-0.1, -0.05) is 35.1 Å². The Balaban J connectivity index is 1.66. The maximum atomic E-state index is 12.9. The van der Waals surface area contributed by atoms with Gasteiger partial charge in [0.25, 0.3) is 15.9 Å². The fourth-order valence-corrected chi connectivity index (χ4v) is 5.63. The highest BCUT2D eigenvalue weighted by atomic mass is 35.5. The molecule has 0 unspecified atom stereocenters. The smallest absolute Gasteiger partial charge is 0.279 e. The minimum Gasteiger partial charge on any atom is -0.317 e. The van der Waals surface area contributed by atoms with Gasteiger partial charge in [-0.25, -0.2) is 8.42 Å². The van der Waals surface area contributed by atoms with Gasteiger partial charge < -0.3 is 4.57 Å². The van der Waals surface area contributed by atoms with Crippen LogP contribution in [0.1, 0.15) is 22.8 Å². The normalized spacial score (nSPS) is 12.3. The lowest BCUT2D eigenvalue weighted by atomic mass is 10.2. The van der Waals surface area contributed by atoms with E-state index in [2.05, 4.69) is 15.8 Å². The molecule has 0 atom stereocenters. The number of fused-ring (bicyclic) bond motifs is 1. The van der Waals surface area contributed by atoms with Crippen molar-refractivity contribution in [1.82, 2.24) is 4.57 Å². The summed E-state index contributed by atoms with van der Waals surface area (Å²) >= 11 is 7.29. The number of nitrogens with one attached hydrogen (secondary N) is 1. The molecule has 0 aliphatic carbocycles. The number of halogens is 1. The zero-order valence-corrected chi connectivity index (χ0v) is 19.8. The van der Waals surface area contributed by atoms with Crippen molar-refractivity contribution in [1.29, 1.82) is 0 Å². The van der Waals surface area contributed by atoms with Gasteiger partial charge in [0.15, 0.2) is 4.80 Å². The van der Waals surface area contributed by atoms with Gasteiger partial charge in [0.1, 0.15) is 0 Å². The van der Waals surface area contributed by atoms with Crippen LogP contribution in [-0.2, 0) is 16.6 Å². The highest BCUT2D eigenvalue weighted by Gasteiger charge is 2.15. The topological polar surface area (TPSA) is 80.5 Å². The van der Waals surface area contributed by atoms with E-state index >= 15 is 0 Å². The molecule has 3 aromatic carbocycles. The Morgan fingerprint density at radius 2 is 1.84 bits per heavy atom. The second kappa shape index (κ2) is 8.90. The molecule has 4 aromatic rings. The lowest BCUT2D eigenvalue weighted by Crippen LogP contribution is -2.16. The van der Waals surface area contributed by atoms with Gasteiger partial charge in [0.2, 0.25) is 0 Å². The van der Waals surface area contributed by atoms with Crippen LogP contribution in [0, 0.1) is 6.92 Å². The molecule has 0 spiro atoms. The second-order valence-corrected chi connectivity index (χ2v) is 10.3. The van der Waals surface area contributed by atoms with Crippen molar-refractivity contribution in [2.75, 3.05) is 4.72 Å². The minimum absolute atomic E-state index is 0.0767. The molecule has 1 aromatic heterocycles. The van der Waals surface area contributed by atoms with Crippen molar-refractivity contribution in [2.45, 2.75) is 25.3 Å². The minimum atomic E-state index is -3.82. The highest BCUT2D eigenvalue weighted by Crippen LogP contribution is 2.21. The Labute approximate surface area is 194 Å². The Bertz CT molecular complexity index is 1490. The summed E-state index contributed by atoms with van der Waals surface area (Å²) in [5.74, 6) is -0.442. The largest absolute Gasteiger partial charge is 0.317 e. The molecule has 0 radical (unpaired) electrons. The number of rotatable bonds is 5. The number of hydrogen-bond acceptors (Lipinski definition) is 4. The molecule has 0 aliphatic heterocycles. The summed E-state index contributed by atoms with van der Waals surface area (Å²) in [7, 11) is -3.82. The number of thiazole rings is 1. The molecular formula is C23H20ClN3O3S2. The Hall–Kier alpha value is -2.94. The Morgan fingerprint density at radius 3 is 2.56 bits per heavy atom. The summed E-state index contributed by atoms with van der Waals surface area (Å²) in [6.07, 6.45) is 0. The summed E-state index contributed by atoms with van der Waals surface area (Å²) < 4.78 is 30.8. The number of anilines is 1. The molecule has 0 saturated heterocycles. The van der Waals surface area contributed by atoms with E-state index in [4.69, 9.17) is 11.6 Å². The molecule has 0 aliphatic rings. The molecule has 164 valence electrons. The zero-order valence-electron chi connectivity index (χ0n) is 17.4. The van der Waals surface area contributed by atoms with Crippen LogP contribution >= 0.6 is 22.9 Å². The number of carbonyl (C=O) groups excluding carboxylic acids is 1. The van der Waals surface area contributed by atoms with Gasteiger partial charge in [-0.3, -0.25) is 9.52 Å². The van der Waals surface area contributed by atoms with Gasteiger partial charge in [0.05, 0.1) is 15.1 Å². The fourth-order valence-electron chi connectivity index (χ4n) is 3.27. The van der Waals surface area contributed by atoms with Gasteiger partial charge >= 0.3 is 0 Å². The number of hydrogen-bond donors (Lipinski definition) is 1. The maximum absolute atomic E-state index is 12.9. The van der Waals surface area contributed by atoms with Crippen molar-refractivity contribution >= 4 is 54.8 Å². The van der Waals surface area contributed by atoms with Crippen LogP contribution in [0.25, 0.3) is 10.2 Å². The molecule has 0 saturated carbocycles. The van der Waals surface area contributed by atoms with Crippen molar-refractivity contribution in [3.8, 4) is 0 Å². The standard InChI is InChI=1S/C23H20ClN3O3S2/c1-3-27-20-12-7-15(2)13-21(20)31-23(27)25-22(28)16-5-4-6-18(14-16)26-32(29,30)19-10-8-17(24)9-11-19/h4-14,26H,3H2,1-2H3. The predicted octanol–water partition coefficient (Wildman–Crippen LogP) is 5.23. The second-order valence-electron chi connectivity index (χ2n) is 7.16. The zero-order chi connectivity index (χ0) is 22.9.